The standard InChI is InChI=1S/C18H17N7O2/c1-11(9-26)25-10-20-17-13(18(25)27)6-14(15-8-21-23-24(15)2)22-16(17)12-4-3-5-19-7-12/h3-8,10-11,26H,9H2,1-2H3. The van der Waals surface area contributed by atoms with Gasteiger partial charge in [0.25, 0.3) is 5.56 Å². The van der Waals surface area contributed by atoms with Crippen molar-refractivity contribution in [3.05, 3.63) is 53.5 Å². The van der Waals surface area contributed by atoms with Gasteiger partial charge in [-0.05, 0) is 25.1 Å². The topological polar surface area (TPSA) is 112 Å². The molecule has 27 heavy (non-hydrogen) atoms. The zero-order valence-electron chi connectivity index (χ0n) is 14.8. The van der Waals surface area contributed by atoms with Crippen molar-refractivity contribution in [1.82, 2.24) is 34.5 Å². The van der Waals surface area contributed by atoms with Crippen LogP contribution in [0.15, 0.2) is 47.9 Å². The number of hydrogen-bond donors (Lipinski definition) is 1. The van der Waals surface area contributed by atoms with Gasteiger partial charge in [-0.2, -0.15) is 0 Å². The first-order valence-electron chi connectivity index (χ1n) is 8.38. The normalized spacial score (nSPS) is 12.4. The molecule has 1 N–H and O–H groups in total. The summed E-state index contributed by atoms with van der Waals surface area (Å²) in [5.74, 6) is 0. The first-order chi connectivity index (χ1) is 13.1. The molecule has 9 heteroatoms. The number of pyridine rings is 2. The van der Waals surface area contributed by atoms with Crippen LogP contribution in [0.4, 0.5) is 0 Å². The molecule has 4 aromatic rings. The minimum Gasteiger partial charge on any atom is -0.394 e. The summed E-state index contributed by atoms with van der Waals surface area (Å²) >= 11 is 0. The molecule has 9 nitrogen and oxygen atoms in total. The van der Waals surface area contributed by atoms with E-state index in [0.717, 1.165) is 5.56 Å². The lowest BCUT2D eigenvalue weighted by Crippen LogP contribution is -2.26. The third kappa shape index (κ3) is 2.87. The van der Waals surface area contributed by atoms with Crippen molar-refractivity contribution in [3.8, 4) is 22.6 Å². The fourth-order valence-electron chi connectivity index (χ4n) is 2.90. The van der Waals surface area contributed by atoms with Crippen LogP contribution >= 0.6 is 0 Å². The van der Waals surface area contributed by atoms with Crippen LogP contribution in [0.2, 0.25) is 0 Å². The van der Waals surface area contributed by atoms with Crippen LogP contribution in [0.5, 0.6) is 0 Å². The van der Waals surface area contributed by atoms with Gasteiger partial charge >= 0.3 is 0 Å². The van der Waals surface area contributed by atoms with E-state index in [0.29, 0.717) is 28.0 Å². The highest BCUT2D eigenvalue weighted by Gasteiger charge is 2.17. The number of aliphatic hydroxyl groups is 1. The average molecular weight is 363 g/mol. The SMILES string of the molecule is CC(CO)n1cnc2c(-c3cccnc3)nc(-c3cnnn3C)cc2c1=O. The van der Waals surface area contributed by atoms with Crippen molar-refractivity contribution in [2.45, 2.75) is 13.0 Å². The molecule has 0 saturated heterocycles. The molecule has 4 aromatic heterocycles. The quantitative estimate of drug-likeness (QED) is 0.580. The van der Waals surface area contributed by atoms with Crippen LogP contribution in [-0.2, 0) is 7.05 Å². The van der Waals surface area contributed by atoms with Crippen LogP contribution in [-0.4, -0.2) is 46.2 Å². The van der Waals surface area contributed by atoms with E-state index in [9.17, 15) is 9.90 Å². The Bertz CT molecular complexity index is 1170. The van der Waals surface area contributed by atoms with Gasteiger partial charge in [-0.15, -0.1) is 5.10 Å². The summed E-state index contributed by atoms with van der Waals surface area (Å²) in [7, 11) is 1.76. The van der Waals surface area contributed by atoms with Gasteiger partial charge in [0.15, 0.2) is 0 Å². The van der Waals surface area contributed by atoms with Gasteiger partial charge in [0.05, 0.1) is 41.9 Å². The number of hydrogen-bond acceptors (Lipinski definition) is 7. The minimum atomic E-state index is -0.383. The lowest BCUT2D eigenvalue weighted by Gasteiger charge is -2.14. The maximum absolute atomic E-state index is 13.0. The highest BCUT2D eigenvalue weighted by atomic mass is 16.3. The van der Waals surface area contributed by atoms with E-state index in [-0.39, 0.29) is 18.2 Å². The largest absolute Gasteiger partial charge is 0.394 e. The van der Waals surface area contributed by atoms with Crippen LogP contribution in [0, 0.1) is 0 Å². The van der Waals surface area contributed by atoms with E-state index in [1.165, 1.54) is 10.9 Å². The van der Waals surface area contributed by atoms with Gasteiger partial charge in [0.1, 0.15) is 11.2 Å². The second kappa shape index (κ2) is 6.69. The maximum Gasteiger partial charge on any atom is 0.261 e. The van der Waals surface area contributed by atoms with Gasteiger partial charge in [0, 0.05) is 25.0 Å². The molecule has 4 heterocycles. The molecule has 0 bridgehead atoms. The predicted molar refractivity (Wildman–Crippen MR) is 98.8 cm³/mol. The monoisotopic (exact) mass is 363 g/mol. The molecule has 0 saturated carbocycles. The van der Waals surface area contributed by atoms with Gasteiger partial charge in [-0.3, -0.25) is 14.3 Å². The van der Waals surface area contributed by atoms with E-state index < -0.39 is 0 Å². The molecule has 1 unspecified atom stereocenters. The Morgan fingerprint density at radius 2 is 2.15 bits per heavy atom. The second-order valence-corrected chi connectivity index (χ2v) is 6.23. The molecule has 1 atom stereocenters. The smallest absolute Gasteiger partial charge is 0.261 e. The van der Waals surface area contributed by atoms with E-state index in [1.54, 1.807) is 49.4 Å². The Kier molecular flexibility index (Phi) is 4.21. The molecule has 0 radical (unpaired) electrons. The number of aromatic nitrogens is 7. The Morgan fingerprint density at radius 3 is 2.81 bits per heavy atom. The summed E-state index contributed by atoms with van der Waals surface area (Å²) in [6.07, 6.45) is 6.38. The average Bonchev–Trinajstić information content (AvgIpc) is 3.13. The summed E-state index contributed by atoms with van der Waals surface area (Å²) in [6.45, 7) is 1.59. The minimum absolute atomic E-state index is 0.161. The number of aryl methyl sites for hydroxylation is 1. The van der Waals surface area contributed by atoms with Crippen molar-refractivity contribution in [1.29, 1.82) is 0 Å². The molecule has 0 aromatic carbocycles. The fourth-order valence-corrected chi connectivity index (χ4v) is 2.90. The number of nitrogens with zero attached hydrogens (tertiary/aromatic N) is 7. The molecule has 0 spiro atoms. The molecular weight excluding hydrogens is 346 g/mol. The highest BCUT2D eigenvalue weighted by Crippen LogP contribution is 2.27. The zero-order chi connectivity index (χ0) is 19.0. The third-order valence-corrected chi connectivity index (χ3v) is 4.42. The van der Waals surface area contributed by atoms with Crippen LogP contribution in [0.1, 0.15) is 13.0 Å². The van der Waals surface area contributed by atoms with Gasteiger partial charge in [0.2, 0.25) is 0 Å². The van der Waals surface area contributed by atoms with Crippen LogP contribution < -0.4 is 5.56 Å². The van der Waals surface area contributed by atoms with Gasteiger partial charge in [-0.1, -0.05) is 5.21 Å². The molecule has 136 valence electrons. The Balaban J connectivity index is 2.08. The van der Waals surface area contributed by atoms with Crippen molar-refractivity contribution in [2.24, 2.45) is 7.05 Å². The summed E-state index contributed by atoms with van der Waals surface area (Å²) < 4.78 is 3.01. The first kappa shape index (κ1) is 17.0. The molecule has 0 amide bonds. The lowest BCUT2D eigenvalue weighted by atomic mass is 10.1. The lowest BCUT2D eigenvalue weighted by molar-refractivity contribution is 0.236. The Morgan fingerprint density at radius 1 is 1.30 bits per heavy atom. The van der Waals surface area contributed by atoms with Gasteiger partial charge < -0.3 is 5.11 Å². The molecule has 0 aliphatic heterocycles. The van der Waals surface area contributed by atoms with Gasteiger partial charge in [-0.25, -0.2) is 14.6 Å². The summed E-state index contributed by atoms with van der Waals surface area (Å²) in [5.41, 5.74) is 2.77. The van der Waals surface area contributed by atoms with E-state index in [2.05, 4.69) is 20.3 Å². The van der Waals surface area contributed by atoms with E-state index >= 15 is 0 Å². The van der Waals surface area contributed by atoms with E-state index in [1.807, 2.05) is 6.07 Å². The zero-order valence-corrected chi connectivity index (χ0v) is 14.8. The third-order valence-electron chi connectivity index (χ3n) is 4.42. The first-order valence-corrected chi connectivity index (χ1v) is 8.38. The van der Waals surface area contributed by atoms with Crippen LogP contribution in [0.3, 0.4) is 0 Å². The molecule has 0 aliphatic rings. The number of aliphatic hydroxyl groups excluding tert-OH is 1. The summed E-state index contributed by atoms with van der Waals surface area (Å²) in [4.78, 5) is 26.4. The molecule has 0 aliphatic carbocycles. The highest BCUT2D eigenvalue weighted by molar-refractivity contribution is 5.93. The molecule has 4 rings (SSSR count). The molecule has 0 fully saturated rings. The van der Waals surface area contributed by atoms with Crippen molar-refractivity contribution < 1.29 is 5.11 Å². The predicted octanol–water partition coefficient (Wildman–Crippen LogP) is 1.20. The molecular formula is C18H17N7O2. The Labute approximate surface area is 154 Å². The van der Waals surface area contributed by atoms with Crippen molar-refractivity contribution in [3.63, 3.8) is 0 Å². The number of rotatable bonds is 4. The van der Waals surface area contributed by atoms with Crippen molar-refractivity contribution >= 4 is 10.9 Å². The van der Waals surface area contributed by atoms with E-state index in [4.69, 9.17) is 4.98 Å². The summed E-state index contributed by atoms with van der Waals surface area (Å²) in [6, 6.07) is 4.97. The van der Waals surface area contributed by atoms with Crippen LogP contribution in [0.25, 0.3) is 33.5 Å². The Hall–Kier alpha value is -3.46. The van der Waals surface area contributed by atoms with Crippen molar-refractivity contribution in [2.75, 3.05) is 6.61 Å². The summed E-state index contributed by atoms with van der Waals surface area (Å²) in [5, 5.41) is 17.7. The number of fused-ring (bicyclic) bond motifs is 1. The maximum atomic E-state index is 13.0. The second-order valence-electron chi connectivity index (χ2n) is 6.23. The fraction of sp³-hybridized carbons (Fsp3) is 0.222.